The largest absolute Gasteiger partial charge is 0.365 e. The monoisotopic (exact) mass is 314 g/mol. The third-order valence-corrected chi connectivity index (χ3v) is 5.04. The fourth-order valence-corrected chi connectivity index (χ4v) is 3.58. The molecule has 2 heterocycles. The Morgan fingerprint density at radius 1 is 1.32 bits per heavy atom. The predicted octanol–water partition coefficient (Wildman–Crippen LogP) is 1.80. The van der Waals surface area contributed by atoms with Crippen LogP contribution in [0.25, 0.3) is 10.9 Å². The van der Waals surface area contributed by atoms with Gasteiger partial charge >= 0.3 is 0 Å². The Labute approximate surface area is 133 Å². The molecule has 0 spiro atoms. The SMILES string of the molecule is C[C@@H]([NH2+]C[C@@H](c1cccs1)c1c[nH]c2ccccc12)C(N)=O. The van der Waals surface area contributed by atoms with Crippen molar-refractivity contribution in [3.8, 4) is 0 Å². The lowest BCUT2D eigenvalue weighted by Crippen LogP contribution is -2.92. The number of para-hydroxylation sites is 1. The molecular formula is C17H20N3OS+. The molecule has 0 aliphatic carbocycles. The quantitative estimate of drug-likeness (QED) is 0.637. The molecule has 0 saturated heterocycles. The molecule has 5 N–H and O–H groups in total. The number of H-pyrrole nitrogens is 1. The number of primary amides is 1. The fraction of sp³-hybridized carbons (Fsp3) is 0.235. The van der Waals surface area contributed by atoms with Crippen molar-refractivity contribution in [2.24, 2.45) is 5.73 Å². The number of thiophene rings is 1. The van der Waals surface area contributed by atoms with Crippen molar-refractivity contribution in [1.82, 2.24) is 4.98 Å². The summed E-state index contributed by atoms with van der Waals surface area (Å²) in [5.41, 5.74) is 7.79. The van der Waals surface area contributed by atoms with Crippen LogP contribution in [-0.2, 0) is 4.79 Å². The van der Waals surface area contributed by atoms with Crippen LogP contribution in [0.15, 0.2) is 48.0 Å². The molecule has 0 unspecified atom stereocenters. The minimum absolute atomic E-state index is 0.215. The zero-order valence-electron chi connectivity index (χ0n) is 12.5. The van der Waals surface area contributed by atoms with Crippen molar-refractivity contribution >= 4 is 28.1 Å². The van der Waals surface area contributed by atoms with Gasteiger partial charge in [0.2, 0.25) is 0 Å². The number of hydrogen-bond donors (Lipinski definition) is 3. The van der Waals surface area contributed by atoms with E-state index in [2.05, 4.69) is 46.9 Å². The van der Waals surface area contributed by atoms with E-state index < -0.39 is 0 Å². The lowest BCUT2D eigenvalue weighted by atomic mass is 9.96. The Morgan fingerprint density at radius 2 is 2.14 bits per heavy atom. The zero-order chi connectivity index (χ0) is 15.5. The Morgan fingerprint density at radius 3 is 2.86 bits per heavy atom. The molecule has 3 rings (SSSR count). The number of aromatic amines is 1. The average Bonchev–Trinajstić information content (AvgIpc) is 3.17. The third-order valence-electron chi connectivity index (χ3n) is 4.06. The number of nitrogens with one attached hydrogen (secondary N) is 1. The van der Waals surface area contributed by atoms with E-state index in [0.29, 0.717) is 0 Å². The predicted molar refractivity (Wildman–Crippen MR) is 89.9 cm³/mol. The second-order valence-corrected chi connectivity index (χ2v) is 6.50. The second kappa shape index (κ2) is 6.34. The molecule has 2 atom stereocenters. The summed E-state index contributed by atoms with van der Waals surface area (Å²) in [4.78, 5) is 15.9. The molecule has 1 amide bonds. The van der Waals surface area contributed by atoms with E-state index in [-0.39, 0.29) is 17.9 Å². The smallest absolute Gasteiger partial charge is 0.275 e. The van der Waals surface area contributed by atoms with Crippen molar-refractivity contribution in [2.45, 2.75) is 18.9 Å². The number of amides is 1. The molecule has 22 heavy (non-hydrogen) atoms. The van der Waals surface area contributed by atoms with Crippen molar-refractivity contribution in [1.29, 1.82) is 0 Å². The first-order valence-electron chi connectivity index (χ1n) is 7.39. The number of aromatic nitrogens is 1. The maximum absolute atomic E-state index is 11.3. The van der Waals surface area contributed by atoms with Gasteiger partial charge in [0.1, 0.15) is 0 Å². The van der Waals surface area contributed by atoms with Gasteiger partial charge in [-0.3, -0.25) is 4.79 Å². The number of rotatable bonds is 6. The summed E-state index contributed by atoms with van der Waals surface area (Å²) in [6.45, 7) is 2.65. The maximum atomic E-state index is 11.3. The normalized spacial score (nSPS) is 14.0. The van der Waals surface area contributed by atoms with Gasteiger partial charge in [-0.25, -0.2) is 0 Å². The molecule has 0 saturated carbocycles. The summed E-state index contributed by atoms with van der Waals surface area (Å²) in [5.74, 6) is -0.0261. The van der Waals surface area contributed by atoms with Gasteiger partial charge in [0, 0.05) is 22.0 Å². The van der Waals surface area contributed by atoms with E-state index in [1.807, 2.05) is 18.3 Å². The molecule has 2 aromatic heterocycles. The summed E-state index contributed by atoms with van der Waals surface area (Å²) < 4.78 is 0. The third kappa shape index (κ3) is 2.91. The summed E-state index contributed by atoms with van der Waals surface area (Å²) in [7, 11) is 0. The number of carbonyl (C=O) groups excluding carboxylic acids is 1. The van der Waals surface area contributed by atoms with Crippen LogP contribution >= 0.6 is 11.3 Å². The highest BCUT2D eigenvalue weighted by Crippen LogP contribution is 2.32. The summed E-state index contributed by atoms with van der Waals surface area (Å²) in [5, 5.41) is 5.35. The van der Waals surface area contributed by atoms with E-state index in [1.165, 1.54) is 15.8 Å². The van der Waals surface area contributed by atoms with Crippen LogP contribution in [0.1, 0.15) is 23.3 Å². The topological polar surface area (TPSA) is 75.5 Å². The van der Waals surface area contributed by atoms with Gasteiger partial charge < -0.3 is 16.0 Å². The van der Waals surface area contributed by atoms with Gasteiger partial charge in [-0.05, 0) is 30.0 Å². The molecule has 0 radical (unpaired) electrons. The lowest BCUT2D eigenvalue weighted by Gasteiger charge is -2.16. The van der Waals surface area contributed by atoms with Crippen molar-refractivity contribution in [3.05, 3.63) is 58.4 Å². The molecule has 0 aliphatic heterocycles. The van der Waals surface area contributed by atoms with Crippen LogP contribution in [0.5, 0.6) is 0 Å². The van der Waals surface area contributed by atoms with Gasteiger partial charge in [-0.15, -0.1) is 11.3 Å². The molecule has 1 aromatic carbocycles. The van der Waals surface area contributed by atoms with E-state index in [9.17, 15) is 4.79 Å². The van der Waals surface area contributed by atoms with Crippen LogP contribution in [-0.4, -0.2) is 23.5 Å². The highest BCUT2D eigenvalue weighted by molar-refractivity contribution is 7.10. The average molecular weight is 314 g/mol. The second-order valence-electron chi connectivity index (χ2n) is 5.52. The Kier molecular flexibility index (Phi) is 4.27. The van der Waals surface area contributed by atoms with Crippen LogP contribution in [0.4, 0.5) is 0 Å². The Bertz CT molecular complexity index is 763. The van der Waals surface area contributed by atoms with E-state index >= 15 is 0 Å². The lowest BCUT2D eigenvalue weighted by molar-refractivity contribution is -0.674. The molecule has 0 bridgehead atoms. The molecule has 5 heteroatoms. The molecule has 4 nitrogen and oxygen atoms in total. The van der Waals surface area contributed by atoms with Crippen molar-refractivity contribution < 1.29 is 10.1 Å². The number of carbonyl (C=O) groups is 1. The molecule has 0 aliphatic rings. The van der Waals surface area contributed by atoms with E-state index in [4.69, 9.17) is 5.73 Å². The van der Waals surface area contributed by atoms with Gasteiger partial charge in [0.25, 0.3) is 5.91 Å². The number of quaternary nitrogens is 1. The van der Waals surface area contributed by atoms with Crippen LogP contribution in [0.2, 0.25) is 0 Å². The highest BCUT2D eigenvalue weighted by atomic mass is 32.1. The van der Waals surface area contributed by atoms with Crippen molar-refractivity contribution in [3.63, 3.8) is 0 Å². The molecule has 114 valence electrons. The number of fused-ring (bicyclic) bond motifs is 1. The zero-order valence-corrected chi connectivity index (χ0v) is 13.3. The number of hydrogen-bond acceptors (Lipinski definition) is 2. The fourth-order valence-electron chi connectivity index (χ4n) is 2.72. The summed E-state index contributed by atoms with van der Waals surface area (Å²) in [6.07, 6.45) is 2.08. The highest BCUT2D eigenvalue weighted by Gasteiger charge is 2.23. The maximum Gasteiger partial charge on any atom is 0.275 e. The molecule has 0 fully saturated rings. The van der Waals surface area contributed by atoms with Gasteiger partial charge in [-0.1, -0.05) is 24.3 Å². The standard InChI is InChI=1S/C17H19N3OS/c1-11(17(18)21)19-10-14(16-7-4-8-22-16)13-9-20-15-6-3-2-5-12(13)15/h2-9,11,14,19-20H,10H2,1H3,(H2,18,21)/p+1/t11-,14-/m1/s1. The Balaban J connectivity index is 1.93. The first-order chi connectivity index (χ1) is 10.7. The number of nitrogens with two attached hydrogens (primary N) is 2. The van der Waals surface area contributed by atoms with Gasteiger partial charge in [0.05, 0.1) is 12.5 Å². The minimum Gasteiger partial charge on any atom is -0.365 e. The van der Waals surface area contributed by atoms with E-state index in [0.717, 1.165) is 12.1 Å². The molecule has 3 aromatic rings. The van der Waals surface area contributed by atoms with Crippen molar-refractivity contribution in [2.75, 3.05) is 6.54 Å². The van der Waals surface area contributed by atoms with Crippen LogP contribution < -0.4 is 11.1 Å². The summed E-state index contributed by atoms with van der Waals surface area (Å²) >= 11 is 1.75. The van der Waals surface area contributed by atoms with E-state index in [1.54, 1.807) is 11.3 Å². The molecular weight excluding hydrogens is 294 g/mol. The first kappa shape index (κ1) is 14.8. The summed E-state index contributed by atoms with van der Waals surface area (Å²) in [6, 6.07) is 12.3. The minimum atomic E-state index is -0.274. The van der Waals surface area contributed by atoms with Gasteiger partial charge in [0.15, 0.2) is 6.04 Å². The number of benzene rings is 1. The van der Waals surface area contributed by atoms with Gasteiger partial charge in [-0.2, -0.15) is 0 Å². The van der Waals surface area contributed by atoms with Crippen LogP contribution in [0, 0.1) is 0 Å². The van der Waals surface area contributed by atoms with Crippen LogP contribution in [0.3, 0.4) is 0 Å². The first-order valence-corrected chi connectivity index (χ1v) is 8.27. The Hall–Kier alpha value is -2.11.